The molecule has 10 nitrogen and oxygen atoms in total. The molecular formula is C31H43FN4O6. The predicted molar refractivity (Wildman–Crippen MR) is 157 cm³/mol. The number of nitrogens with zero attached hydrogens (tertiary/aromatic N) is 2. The molecule has 0 spiro atoms. The summed E-state index contributed by atoms with van der Waals surface area (Å²) in [5, 5.41) is 5.49. The number of pyridine rings is 1. The molecule has 42 heavy (non-hydrogen) atoms. The van der Waals surface area contributed by atoms with Gasteiger partial charge in [-0.3, -0.25) is 10.1 Å². The van der Waals surface area contributed by atoms with Gasteiger partial charge in [0, 0.05) is 24.7 Å². The topological polar surface area (TPSA) is 119 Å². The summed E-state index contributed by atoms with van der Waals surface area (Å²) >= 11 is 0. The lowest BCUT2D eigenvalue weighted by molar-refractivity contribution is -0.120. The number of ether oxygens (including phenoxy) is 3. The van der Waals surface area contributed by atoms with Gasteiger partial charge in [-0.25, -0.2) is 19.0 Å². The van der Waals surface area contributed by atoms with Crippen molar-refractivity contribution in [3.8, 4) is 0 Å². The molecule has 1 aromatic heterocycles. The molecule has 1 aliphatic rings. The number of nitrogens with one attached hydrogen (secondary N) is 2. The molecule has 0 aliphatic carbocycles. The molecule has 1 fully saturated rings. The first kappa shape index (κ1) is 32.8. The SMILES string of the molecule is Cc1cc(C[C@H]2CN(C(=O)OC(C)(C)C)C[C@H]2OCCNC(=O)Cc2cccc(F)c2)nc(NC(=O)OC(C)(C)C)c1. The first-order chi connectivity index (χ1) is 19.6. The molecule has 1 saturated heterocycles. The maximum atomic E-state index is 13.4. The lowest BCUT2D eigenvalue weighted by atomic mass is 9.99. The number of carbonyl (C=O) groups is 3. The zero-order chi connectivity index (χ0) is 31.1. The second-order valence-corrected chi connectivity index (χ2v) is 12.6. The Labute approximate surface area is 247 Å². The van der Waals surface area contributed by atoms with Crippen molar-refractivity contribution >= 4 is 23.9 Å². The van der Waals surface area contributed by atoms with Gasteiger partial charge in [-0.05, 0) is 90.3 Å². The van der Waals surface area contributed by atoms with Gasteiger partial charge in [-0.1, -0.05) is 12.1 Å². The minimum Gasteiger partial charge on any atom is -0.444 e. The summed E-state index contributed by atoms with van der Waals surface area (Å²) in [6, 6.07) is 9.62. The van der Waals surface area contributed by atoms with Crippen LogP contribution in [0.2, 0.25) is 0 Å². The van der Waals surface area contributed by atoms with Gasteiger partial charge in [0.15, 0.2) is 0 Å². The number of hydrogen-bond donors (Lipinski definition) is 2. The van der Waals surface area contributed by atoms with Crippen molar-refractivity contribution in [1.82, 2.24) is 15.2 Å². The van der Waals surface area contributed by atoms with E-state index in [2.05, 4.69) is 15.6 Å². The average molecular weight is 587 g/mol. The van der Waals surface area contributed by atoms with Crippen molar-refractivity contribution in [3.63, 3.8) is 0 Å². The van der Waals surface area contributed by atoms with E-state index in [1.165, 1.54) is 12.1 Å². The Balaban J connectivity index is 1.64. The molecule has 3 amide bonds. The zero-order valence-corrected chi connectivity index (χ0v) is 25.6. The van der Waals surface area contributed by atoms with Crippen LogP contribution in [-0.2, 0) is 31.8 Å². The zero-order valence-electron chi connectivity index (χ0n) is 25.6. The Morgan fingerprint density at radius 1 is 1.02 bits per heavy atom. The van der Waals surface area contributed by atoms with E-state index in [0.717, 1.165) is 11.3 Å². The lowest BCUT2D eigenvalue weighted by Crippen LogP contribution is -2.36. The van der Waals surface area contributed by atoms with Crippen molar-refractivity contribution in [2.24, 2.45) is 5.92 Å². The molecule has 0 saturated carbocycles. The van der Waals surface area contributed by atoms with Crippen LogP contribution in [0.4, 0.5) is 19.8 Å². The van der Waals surface area contributed by atoms with Crippen molar-refractivity contribution in [2.75, 3.05) is 31.6 Å². The van der Waals surface area contributed by atoms with Gasteiger partial charge in [-0.15, -0.1) is 0 Å². The number of likely N-dealkylation sites (tertiary alicyclic amines) is 1. The monoisotopic (exact) mass is 586 g/mol. The van der Waals surface area contributed by atoms with Gasteiger partial charge in [0.1, 0.15) is 22.8 Å². The third-order valence-electron chi connectivity index (χ3n) is 6.17. The third-order valence-corrected chi connectivity index (χ3v) is 6.17. The highest BCUT2D eigenvalue weighted by atomic mass is 19.1. The fraction of sp³-hybridized carbons (Fsp3) is 0.548. The Kier molecular flexibility index (Phi) is 10.9. The quantitative estimate of drug-likeness (QED) is 0.396. The number of aryl methyl sites for hydroxylation is 1. The molecule has 230 valence electrons. The fourth-order valence-electron chi connectivity index (χ4n) is 4.58. The number of hydrogen-bond acceptors (Lipinski definition) is 7. The van der Waals surface area contributed by atoms with E-state index in [-0.39, 0.29) is 43.3 Å². The van der Waals surface area contributed by atoms with Crippen LogP contribution in [0, 0.1) is 18.7 Å². The Morgan fingerprint density at radius 3 is 2.40 bits per heavy atom. The molecule has 0 bridgehead atoms. The molecule has 2 atom stereocenters. The Hall–Kier alpha value is -3.73. The second-order valence-electron chi connectivity index (χ2n) is 12.6. The number of halogens is 1. The van der Waals surface area contributed by atoms with Crippen LogP contribution < -0.4 is 10.6 Å². The number of benzene rings is 1. The Bertz CT molecular complexity index is 1260. The van der Waals surface area contributed by atoms with E-state index in [4.69, 9.17) is 14.2 Å². The highest BCUT2D eigenvalue weighted by Crippen LogP contribution is 2.26. The molecule has 1 aliphatic heterocycles. The molecular weight excluding hydrogens is 543 g/mol. The van der Waals surface area contributed by atoms with Crippen LogP contribution in [0.3, 0.4) is 0 Å². The maximum absolute atomic E-state index is 13.4. The Morgan fingerprint density at radius 2 is 1.74 bits per heavy atom. The van der Waals surface area contributed by atoms with E-state index >= 15 is 0 Å². The van der Waals surface area contributed by atoms with E-state index in [1.807, 2.05) is 33.8 Å². The first-order valence-electron chi connectivity index (χ1n) is 14.1. The largest absolute Gasteiger partial charge is 0.444 e. The normalized spacial score (nSPS) is 17.1. The summed E-state index contributed by atoms with van der Waals surface area (Å²) in [7, 11) is 0. The van der Waals surface area contributed by atoms with Crippen LogP contribution in [0.15, 0.2) is 36.4 Å². The van der Waals surface area contributed by atoms with E-state index < -0.39 is 23.4 Å². The van der Waals surface area contributed by atoms with Gasteiger partial charge in [0.05, 0.1) is 25.7 Å². The van der Waals surface area contributed by atoms with Crippen LogP contribution in [-0.4, -0.2) is 71.5 Å². The van der Waals surface area contributed by atoms with Crippen molar-refractivity contribution in [3.05, 3.63) is 59.0 Å². The van der Waals surface area contributed by atoms with Crippen LogP contribution in [0.1, 0.15) is 58.4 Å². The summed E-state index contributed by atoms with van der Waals surface area (Å²) < 4.78 is 30.5. The molecule has 3 rings (SSSR count). The second kappa shape index (κ2) is 14.0. The highest BCUT2D eigenvalue weighted by Gasteiger charge is 2.38. The molecule has 2 aromatic rings. The minimum absolute atomic E-state index is 0.0644. The fourth-order valence-corrected chi connectivity index (χ4v) is 4.58. The van der Waals surface area contributed by atoms with E-state index in [9.17, 15) is 18.8 Å². The lowest BCUT2D eigenvalue weighted by Gasteiger charge is -2.24. The van der Waals surface area contributed by atoms with Gasteiger partial charge in [0.2, 0.25) is 5.91 Å². The molecule has 2 N–H and O–H groups in total. The molecule has 0 radical (unpaired) electrons. The van der Waals surface area contributed by atoms with Crippen LogP contribution >= 0.6 is 0 Å². The molecule has 11 heteroatoms. The number of carbonyl (C=O) groups excluding carboxylic acids is 3. The number of rotatable bonds is 9. The summed E-state index contributed by atoms with van der Waals surface area (Å²) in [6.45, 7) is 13.9. The van der Waals surface area contributed by atoms with Crippen LogP contribution in [0.5, 0.6) is 0 Å². The highest BCUT2D eigenvalue weighted by molar-refractivity contribution is 5.83. The predicted octanol–water partition coefficient (Wildman–Crippen LogP) is 5.03. The van der Waals surface area contributed by atoms with Gasteiger partial charge < -0.3 is 24.4 Å². The summed E-state index contributed by atoms with van der Waals surface area (Å²) in [5.41, 5.74) is 0.941. The number of aromatic nitrogens is 1. The third kappa shape index (κ3) is 11.3. The smallest absolute Gasteiger partial charge is 0.413 e. The number of anilines is 1. The maximum Gasteiger partial charge on any atom is 0.413 e. The summed E-state index contributed by atoms with van der Waals surface area (Å²) in [4.78, 5) is 43.7. The van der Waals surface area contributed by atoms with E-state index in [1.54, 1.807) is 43.9 Å². The molecule has 0 unspecified atom stereocenters. The van der Waals surface area contributed by atoms with Crippen LogP contribution in [0.25, 0.3) is 0 Å². The summed E-state index contributed by atoms with van der Waals surface area (Å²) in [6.07, 6.45) is -0.798. The standard InChI is InChI=1S/C31H43FN4O6/c1-20-13-24(34-26(14-20)35-28(38)41-30(2,3)4)17-22-18-36(29(39)42-31(5,6)7)19-25(22)40-12-11-33-27(37)16-21-9-8-10-23(32)15-21/h8-10,13-15,22,25H,11-12,16-19H2,1-7H3,(H,33,37)(H,34,35,38)/t22-,25+/m0/s1. The minimum atomic E-state index is -0.644. The van der Waals surface area contributed by atoms with Crippen molar-refractivity contribution in [2.45, 2.75) is 78.6 Å². The molecule has 1 aromatic carbocycles. The first-order valence-corrected chi connectivity index (χ1v) is 14.1. The average Bonchev–Trinajstić information content (AvgIpc) is 3.22. The van der Waals surface area contributed by atoms with Crippen molar-refractivity contribution in [1.29, 1.82) is 0 Å². The summed E-state index contributed by atoms with van der Waals surface area (Å²) in [5.74, 6) is -0.360. The van der Waals surface area contributed by atoms with E-state index in [0.29, 0.717) is 30.9 Å². The van der Waals surface area contributed by atoms with Gasteiger partial charge in [0.25, 0.3) is 0 Å². The van der Waals surface area contributed by atoms with Gasteiger partial charge in [-0.2, -0.15) is 0 Å². The van der Waals surface area contributed by atoms with Crippen molar-refractivity contribution < 1.29 is 33.0 Å². The van der Waals surface area contributed by atoms with Gasteiger partial charge >= 0.3 is 12.2 Å². The molecule has 2 heterocycles. The number of amides is 3.